The van der Waals surface area contributed by atoms with Gasteiger partial charge in [-0.05, 0) is 41.9 Å². The van der Waals surface area contributed by atoms with Gasteiger partial charge in [0.05, 0.1) is 11.8 Å². The lowest BCUT2D eigenvalue weighted by atomic mass is 9.89. The first-order valence-corrected chi connectivity index (χ1v) is 16.5. The molecule has 0 aromatic heterocycles. The summed E-state index contributed by atoms with van der Waals surface area (Å²) in [6.07, 6.45) is 4.07. The Bertz CT molecular complexity index is 1490. The van der Waals surface area contributed by atoms with Crippen molar-refractivity contribution in [3.05, 3.63) is 72.8 Å². The summed E-state index contributed by atoms with van der Waals surface area (Å²) >= 11 is 0. The Morgan fingerprint density at radius 3 is 2.28 bits per heavy atom. The predicted molar refractivity (Wildman–Crippen MR) is 164 cm³/mol. The largest absolute Gasteiger partial charge is 0.372 e. The smallest absolute Gasteiger partial charge is 0.259 e. The second-order valence-electron chi connectivity index (χ2n) is 12.3. The van der Waals surface area contributed by atoms with Crippen LogP contribution >= 0.6 is 0 Å². The van der Waals surface area contributed by atoms with E-state index in [4.69, 9.17) is 4.74 Å². The molecule has 2 aliphatic carbocycles. The van der Waals surface area contributed by atoms with E-state index in [1.54, 1.807) is 18.1 Å². The van der Waals surface area contributed by atoms with Crippen LogP contribution in [0.1, 0.15) is 57.9 Å². The molecule has 43 heavy (non-hydrogen) atoms. The first-order valence-electron chi connectivity index (χ1n) is 15.0. The molecule has 9 nitrogen and oxygen atoms in total. The Labute approximate surface area is 254 Å². The molecule has 2 aromatic carbocycles. The molecule has 5 rings (SSSR count). The van der Waals surface area contributed by atoms with Gasteiger partial charge in [-0.2, -0.15) is 0 Å². The lowest BCUT2D eigenvalue weighted by Gasteiger charge is -2.29. The van der Waals surface area contributed by atoms with Gasteiger partial charge in [0.15, 0.2) is 0 Å². The van der Waals surface area contributed by atoms with E-state index in [0.29, 0.717) is 12.8 Å². The number of carbonyl (C=O) groups excluding carboxylic acids is 3. The van der Waals surface area contributed by atoms with Crippen LogP contribution in [0.15, 0.2) is 67.3 Å². The molecule has 3 fully saturated rings. The van der Waals surface area contributed by atoms with E-state index in [0.717, 1.165) is 23.1 Å². The van der Waals surface area contributed by atoms with E-state index in [1.165, 1.54) is 0 Å². The second kappa shape index (κ2) is 11.9. The maximum absolute atomic E-state index is 14.0. The van der Waals surface area contributed by atoms with Crippen LogP contribution in [0.25, 0.3) is 11.1 Å². The minimum absolute atomic E-state index is 0.122. The van der Waals surface area contributed by atoms with Crippen molar-refractivity contribution in [1.29, 1.82) is 0 Å². The summed E-state index contributed by atoms with van der Waals surface area (Å²) in [6, 6.07) is 17.0. The number of amides is 3. The van der Waals surface area contributed by atoms with Gasteiger partial charge in [0.25, 0.3) is 5.91 Å². The molecule has 2 saturated carbocycles. The van der Waals surface area contributed by atoms with Gasteiger partial charge >= 0.3 is 0 Å². The normalized spacial score (nSPS) is 27.3. The van der Waals surface area contributed by atoms with Crippen LogP contribution in [0, 0.1) is 11.8 Å². The Hall–Kier alpha value is -3.50. The van der Waals surface area contributed by atoms with Crippen molar-refractivity contribution in [2.45, 2.75) is 74.8 Å². The third-order valence-corrected chi connectivity index (χ3v) is 11.1. The fourth-order valence-electron chi connectivity index (χ4n) is 6.02. The molecule has 2 aromatic rings. The highest BCUT2D eigenvalue weighted by Crippen LogP contribution is 2.46. The van der Waals surface area contributed by atoms with E-state index in [-0.39, 0.29) is 37.6 Å². The summed E-state index contributed by atoms with van der Waals surface area (Å²) in [5.74, 6) is -1.74. The van der Waals surface area contributed by atoms with Crippen molar-refractivity contribution in [2.75, 3.05) is 13.7 Å². The molecule has 3 aliphatic rings. The first kappa shape index (κ1) is 30.9. The fourth-order valence-corrected chi connectivity index (χ4v) is 7.38. The van der Waals surface area contributed by atoms with E-state index >= 15 is 0 Å². The number of nitrogens with one attached hydrogen (secondary N) is 2. The molecular weight excluding hydrogens is 566 g/mol. The highest BCUT2D eigenvalue weighted by atomic mass is 32.2. The Morgan fingerprint density at radius 2 is 1.72 bits per heavy atom. The van der Waals surface area contributed by atoms with Crippen LogP contribution in [-0.4, -0.2) is 61.5 Å². The van der Waals surface area contributed by atoms with Crippen molar-refractivity contribution in [3.63, 3.8) is 0 Å². The van der Waals surface area contributed by atoms with Gasteiger partial charge in [-0.15, -0.1) is 6.58 Å². The third kappa shape index (κ3) is 6.13. The SMILES string of the molecule is C=C[C@@H]1C[C@]1(NC(=O)[C@@H]1C[C@@](OC)(c2ccc(-c3ccccc3)cc2)CN1C(=O)CC(C)CC)C(=O)NS(=O)(=O)C1CC1. The monoisotopic (exact) mass is 607 g/mol. The molecule has 2 N–H and O–H groups in total. The average molecular weight is 608 g/mol. The molecule has 230 valence electrons. The highest BCUT2D eigenvalue weighted by Gasteiger charge is 2.62. The Morgan fingerprint density at radius 1 is 1.07 bits per heavy atom. The standard InChI is InChI=1S/C33H41N3O6S/c1-5-22(3)18-29(37)36-21-32(42-4,26-14-12-24(13-15-26)23-10-8-7-9-11-23)20-28(36)30(38)34-33(19-25(33)6-2)31(39)35-43(40,41)27-16-17-27/h6-15,22,25,27-28H,2,5,16-21H2,1,3-4H3,(H,34,38)(H,35,39)/t22?,25-,28+,32+,33-/m1/s1. The van der Waals surface area contributed by atoms with Gasteiger partial charge < -0.3 is 15.0 Å². The topological polar surface area (TPSA) is 122 Å². The number of methoxy groups -OCH3 is 1. The summed E-state index contributed by atoms with van der Waals surface area (Å²) in [7, 11) is -2.23. The molecule has 1 aliphatic heterocycles. The molecule has 0 radical (unpaired) electrons. The first-order chi connectivity index (χ1) is 20.5. The Balaban J connectivity index is 1.42. The van der Waals surface area contributed by atoms with Crippen molar-refractivity contribution in [3.8, 4) is 11.1 Å². The van der Waals surface area contributed by atoms with E-state index in [2.05, 4.69) is 16.6 Å². The van der Waals surface area contributed by atoms with E-state index in [1.807, 2.05) is 68.4 Å². The van der Waals surface area contributed by atoms with Gasteiger partial charge in [0, 0.05) is 25.9 Å². The van der Waals surface area contributed by atoms with Crippen LogP contribution in [0.4, 0.5) is 0 Å². The summed E-state index contributed by atoms with van der Waals surface area (Å²) in [4.78, 5) is 42.5. The number of likely N-dealkylation sites (tertiary alicyclic amines) is 1. The van der Waals surface area contributed by atoms with Gasteiger partial charge in [-0.3, -0.25) is 19.1 Å². The molecular formula is C33H41N3O6S. The maximum atomic E-state index is 14.0. The molecule has 1 heterocycles. The molecule has 3 amide bonds. The lowest BCUT2D eigenvalue weighted by Crippen LogP contribution is -2.56. The average Bonchev–Trinajstić information content (AvgIpc) is 3.94. The number of hydrogen-bond acceptors (Lipinski definition) is 6. The Kier molecular flexibility index (Phi) is 8.55. The summed E-state index contributed by atoms with van der Waals surface area (Å²) in [5.41, 5.74) is 0.565. The maximum Gasteiger partial charge on any atom is 0.259 e. The minimum Gasteiger partial charge on any atom is -0.372 e. The zero-order valence-corrected chi connectivity index (χ0v) is 25.9. The zero-order chi connectivity index (χ0) is 31.0. The third-order valence-electron chi connectivity index (χ3n) is 9.33. The number of sulfonamides is 1. The number of carbonyl (C=O) groups is 3. The number of ether oxygens (including phenoxy) is 1. The highest BCUT2D eigenvalue weighted by molar-refractivity contribution is 7.91. The van der Waals surface area contributed by atoms with Gasteiger partial charge in [0.1, 0.15) is 17.2 Å². The molecule has 0 spiro atoms. The van der Waals surface area contributed by atoms with E-state index in [9.17, 15) is 22.8 Å². The van der Waals surface area contributed by atoms with Crippen molar-refractivity contribution >= 4 is 27.7 Å². The molecule has 1 saturated heterocycles. The minimum atomic E-state index is -3.81. The van der Waals surface area contributed by atoms with Gasteiger partial charge in [-0.1, -0.05) is 80.9 Å². The number of nitrogens with zero attached hydrogens (tertiary/aromatic N) is 1. The van der Waals surface area contributed by atoms with Crippen molar-refractivity contribution < 1.29 is 27.5 Å². The number of rotatable bonds is 12. The van der Waals surface area contributed by atoms with Gasteiger partial charge in [-0.25, -0.2) is 8.42 Å². The molecule has 5 atom stereocenters. The lowest BCUT2D eigenvalue weighted by molar-refractivity contribution is -0.140. The summed E-state index contributed by atoms with van der Waals surface area (Å²) in [5, 5.41) is 2.27. The number of benzene rings is 2. The van der Waals surface area contributed by atoms with E-state index < -0.39 is 50.2 Å². The van der Waals surface area contributed by atoms with Crippen molar-refractivity contribution in [2.24, 2.45) is 11.8 Å². The van der Waals surface area contributed by atoms with Crippen LogP contribution in [-0.2, 0) is 34.7 Å². The quantitative estimate of drug-likeness (QED) is 0.353. The number of hydrogen-bond donors (Lipinski definition) is 2. The summed E-state index contributed by atoms with van der Waals surface area (Å²) < 4.78 is 33.4. The van der Waals surface area contributed by atoms with Crippen LogP contribution in [0.3, 0.4) is 0 Å². The van der Waals surface area contributed by atoms with Crippen LogP contribution in [0.5, 0.6) is 0 Å². The van der Waals surface area contributed by atoms with Crippen LogP contribution < -0.4 is 10.0 Å². The second-order valence-corrected chi connectivity index (χ2v) is 14.2. The fraction of sp³-hybridized carbons (Fsp3) is 0.485. The van der Waals surface area contributed by atoms with Crippen LogP contribution in [0.2, 0.25) is 0 Å². The summed E-state index contributed by atoms with van der Waals surface area (Å²) in [6.45, 7) is 7.95. The zero-order valence-electron chi connectivity index (χ0n) is 25.0. The molecule has 0 bridgehead atoms. The van der Waals surface area contributed by atoms with Gasteiger partial charge in [0.2, 0.25) is 21.8 Å². The van der Waals surface area contributed by atoms with Crippen molar-refractivity contribution in [1.82, 2.24) is 14.9 Å². The molecule has 1 unspecified atom stereocenters. The predicted octanol–water partition coefficient (Wildman–Crippen LogP) is 3.90. The molecule has 10 heteroatoms.